The summed E-state index contributed by atoms with van der Waals surface area (Å²) < 4.78 is 10.8. The lowest BCUT2D eigenvalue weighted by molar-refractivity contribution is -0.121. The Morgan fingerprint density at radius 3 is 2.27 bits per heavy atom. The lowest BCUT2D eigenvalue weighted by atomic mass is 9.94. The highest BCUT2D eigenvalue weighted by Gasteiger charge is 2.46. The summed E-state index contributed by atoms with van der Waals surface area (Å²) in [4.78, 5) is 24.4. The predicted octanol–water partition coefficient (Wildman–Crippen LogP) is 3.27. The van der Waals surface area contributed by atoms with Crippen molar-refractivity contribution in [2.45, 2.75) is 31.4 Å². The SMILES string of the molecule is C[C@@H]1OCC(=O)[C@]1(C)NC(=O)OCC1c2ccccc2-c2ccccc21. The molecule has 1 aliphatic carbocycles. The zero-order valence-electron chi connectivity index (χ0n) is 14.8. The van der Waals surface area contributed by atoms with E-state index >= 15 is 0 Å². The Bertz CT molecular complexity index is 832. The summed E-state index contributed by atoms with van der Waals surface area (Å²) >= 11 is 0. The van der Waals surface area contributed by atoms with Crippen LogP contribution in [0.5, 0.6) is 0 Å². The van der Waals surface area contributed by atoms with Gasteiger partial charge in [0.05, 0.1) is 6.10 Å². The molecule has 1 N–H and O–H groups in total. The molecule has 0 radical (unpaired) electrons. The molecule has 26 heavy (non-hydrogen) atoms. The number of rotatable bonds is 3. The van der Waals surface area contributed by atoms with Gasteiger partial charge in [-0.25, -0.2) is 4.79 Å². The van der Waals surface area contributed by atoms with Gasteiger partial charge in [-0.15, -0.1) is 0 Å². The first-order chi connectivity index (χ1) is 12.5. The lowest BCUT2D eigenvalue weighted by Gasteiger charge is -2.27. The highest BCUT2D eigenvalue weighted by atomic mass is 16.6. The molecular weight excluding hydrogens is 330 g/mol. The topological polar surface area (TPSA) is 64.6 Å². The monoisotopic (exact) mass is 351 g/mol. The number of benzene rings is 2. The van der Waals surface area contributed by atoms with E-state index in [4.69, 9.17) is 9.47 Å². The molecule has 2 aromatic rings. The largest absolute Gasteiger partial charge is 0.449 e. The van der Waals surface area contributed by atoms with E-state index in [2.05, 4.69) is 29.6 Å². The molecule has 1 heterocycles. The predicted molar refractivity (Wildman–Crippen MR) is 97.0 cm³/mol. The van der Waals surface area contributed by atoms with Crippen LogP contribution in [0.25, 0.3) is 11.1 Å². The van der Waals surface area contributed by atoms with E-state index < -0.39 is 11.6 Å². The van der Waals surface area contributed by atoms with Crippen molar-refractivity contribution in [2.24, 2.45) is 0 Å². The molecule has 0 spiro atoms. The fraction of sp³-hybridized carbons (Fsp3) is 0.333. The van der Waals surface area contributed by atoms with Crippen LogP contribution < -0.4 is 5.32 Å². The van der Waals surface area contributed by atoms with E-state index in [0.29, 0.717) is 0 Å². The molecule has 1 aliphatic heterocycles. The fourth-order valence-corrected chi connectivity index (χ4v) is 3.76. The number of amides is 1. The van der Waals surface area contributed by atoms with Crippen LogP contribution >= 0.6 is 0 Å². The van der Waals surface area contributed by atoms with Crippen LogP contribution in [0.3, 0.4) is 0 Å². The van der Waals surface area contributed by atoms with Crippen molar-refractivity contribution in [3.8, 4) is 11.1 Å². The number of hydrogen-bond donors (Lipinski definition) is 1. The van der Waals surface area contributed by atoms with Crippen molar-refractivity contribution < 1.29 is 19.1 Å². The Balaban J connectivity index is 1.50. The molecule has 0 unspecified atom stereocenters. The Morgan fingerprint density at radius 2 is 1.73 bits per heavy atom. The molecule has 1 saturated heterocycles. The van der Waals surface area contributed by atoms with Gasteiger partial charge >= 0.3 is 6.09 Å². The molecule has 0 aromatic heterocycles. The molecule has 0 saturated carbocycles. The zero-order valence-corrected chi connectivity index (χ0v) is 14.8. The minimum atomic E-state index is -1.04. The van der Waals surface area contributed by atoms with Gasteiger partial charge in [-0.1, -0.05) is 48.5 Å². The van der Waals surface area contributed by atoms with Gasteiger partial charge in [0.15, 0.2) is 5.78 Å². The molecule has 134 valence electrons. The van der Waals surface area contributed by atoms with Gasteiger partial charge in [0, 0.05) is 5.92 Å². The van der Waals surface area contributed by atoms with Crippen molar-refractivity contribution >= 4 is 11.9 Å². The van der Waals surface area contributed by atoms with Crippen molar-refractivity contribution in [1.82, 2.24) is 5.32 Å². The summed E-state index contributed by atoms with van der Waals surface area (Å²) in [5, 5.41) is 2.69. The van der Waals surface area contributed by atoms with Gasteiger partial charge in [-0.3, -0.25) is 4.79 Å². The second-order valence-corrected chi connectivity index (χ2v) is 7.03. The minimum Gasteiger partial charge on any atom is -0.449 e. The third-order valence-electron chi connectivity index (χ3n) is 5.56. The number of hydrogen-bond acceptors (Lipinski definition) is 4. The number of ether oxygens (including phenoxy) is 2. The van der Waals surface area contributed by atoms with Gasteiger partial charge in [0.1, 0.15) is 18.8 Å². The Morgan fingerprint density at radius 1 is 1.15 bits per heavy atom. The molecule has 2 aromatic carbocycles. The smallest absolute Gasteiger partial charge is 0.408 e. The first-order valence-electron chi connectivity index (χ1n) is 8.79. The van der Waals surface area contributed by atoms with Crippen LogP contribution in [0.2, 0.25) is 0 Å². The van der Waals surface area contributed by atoms with Crippen molar-refractivity contribution in [3.63, 3.8) is 0 Å². The van der Waals surface area contributed by atoms with Crippen LogP contribution in [-0.4, -0.2) is 36.7 Å². The number of carbonyl (C=O) groups is 2. The van der Waals surface area contributed by atoms with Crippen LogP contribution in [0.15, 0.2) is 48.5 Å². The standard InChI is InChI=1S/C21H21NO4/c1-13-21(2,19(23)12-25-13)22-20(24)26-11-18-16-9-5-3-7-14(16)15-8-4-6-10-17(15)18/h3-10,13,18H,11-12H2,1-2H3,(H,22,24)/t13-,21+/m0/s1. The molecule has 2 aliphatic rings. The average molecular weight is 351 g/mol. The number of Topliss-reactive ketones (excluding diaryl/α,β-unsaturated/α-hetero) is 1. The minimum absolute atomic E-state index is 0.00564. The van der Waals surface area contributed by atoms with Crippen molar-refractivity contribution in [1.29, 1.82) is 0 Å². The summed E-state index contributed by atoms with van der Waals surface area (Å²) in [6.45, 7) is 3.68. The van der Waals surface area contributed by atoms with E-state index in [0.717, 1.165) is 11.1 Å². The van der Waals surface area contributed by atoms with Gasteiger partial charge < -0.3 is 14.8 Å². The van der Waals surface area contributed by atoms with Crippen LogP contribution in [-0.2, 0) is 14.3 Å². The maximum Gasteiger partial charge on any atom is 0.408 e. The Kier molecular flexibility index (Phi) is 4.04. The van der Waals surface area contributed by atoms with Crippen molar-refractivity contribution in [3.05, 3.63) is 59.7 Å². The normalized spacial score (nSPS) is 24.2. The van der Waals surface area contributed by atoms with E-state index in [9.17, 15) is 9.59 Å². The summed E-state index contributed by atoms with van der Waals surface area (Å²) in [5.41, 5.74) is 3.62. The number of carbonyl (C=O) groups excluding carboxylic acids is 2. The average Bonchev–Trinajstić information content (AvgIpc) is 3.10. The molecule has 2 atom stereocenters. The molecular formula is C21H21NO4. The summed E-state index contributed by atoms with van der Waals surface area (Å²) in [7, 11) is 0. The van der Waals surface area contributed by atoms with Crippen molar-refractivity contribution in [2.75, 3.05) is 13.2 Å². The second kappa shape index (κ2) is 6.25. The third kappa shape index (κ3) is 2.59. The first-order valence-corrected chi connectivity index (χ1v) is 8.79. The summed E-state index contributed by atoms with van der Waals surface area (Å²) in [6, 6.07) is 16.3. The molecule has 4 rings (SSSR count). The van der Waals surface area contributed by atoms with Crippen LogP contribution in [0.1, 0.15) is 30.9 Å². The summed E-state index contributed by atoms with van der Waals surface area (Å²) in [5.74, 6) is -0.146. The quantitative estimate of drug-likeness (QED) is 0.922. The molecule has 1 fully saturated rings. The van der Waals surface area contributed by atoms with Crippen LogP contribution in [0.4, 0.5) is 4.79 Å². The number of alkyl carbamates (subject to hydrolysis) is 1. The molecule has 0 bridgehead atoms. The highest BCUT2D eigenvalue weighted by Crippen LogP contribution is 2.44. The Labute approximate surface area is 152 Å². The highest BCUT2D eigenvalue weighted by molar-refractivity contribution is 5.94. The number of fused-ring (bicyclic) bond motifs is 3. The maximum atomic E-state index is 12.3. The lowest BCUT2D eigenvalue weighted by Crippen LogP contribution is -2.55. The van der Waals surface area contributed by atoms with E-state index in [1.807, 2.05) is 24.3 Å². The van der Waals surface area contributed by atoms with E-state index in [1.54, 1.807) is 13.8 Å². The third-order valence-corrected chi connectivity index (χ3v) is 5.56. The second-order valence-electron chi connectivity index (χ2n) is 7.03. The van der Waals surface area contributed by atoms with E-state index in [1.165, 1.54) is 11.1 Å². The van der Waals surface area contributed by atoms with Gasteiger partial charge in [-0.05, 0) is 36.1 Å². The molecule has 5 heteroatoms. The molecule has 5 nitrogen and oxygen atoms in total. The molecule has 1 amide bonds. The Hall–Kier alpha value is -2.66. The van der Waals surface area contributed by atoms with Gasteiger partial charge in [0.2, 0.25) is 0 Å². The number of ketones is 1. The number of nitrogens with one attached hydrogen (secondary N) is 1. The van der Waals surface area contributed by atoms with Gasteiger partial charge in [0.25, 0.3) is 0 Å². The van der Waals surface area contributed by atoms with E-state index in [-0.39, 0.29) is 31.0 Å². The zero-order chi connectivity index (χ0) is 18.3. The fourth-order valence-electron chi connectivity index (χ4n) is 3.76. The van der Waals surface area contributed by atoms with Gasteiger partial charge in [-0.2, -0.15) is 0 Å². The first kappa shape index (κ1) is 16.8. The maximum absolute atomic E-state index is 12.3. The summed E-state index contributed by atoms with van der Waals surface area (Å²) in [6.07, 6.45) is -0.976. The van der Waals surface area contributed by atoms with Crippen LogP contribution in [0, 0.1) is 0 Å².